The lowest BCUT2D eigenvalue weighted by atomic mass is 10.3. The normalized spacial score (nSPS) is 11.5. The molecule has 70 valence electrons. The van der Waals surface area contributed by atoms with E-state index in [1.165, 1.54) is 18.2 Å². The van der Waals surface area contributed by atoms with Crippen molar-refractivity contribution in [3.05, 3.63) is 29.0 Å². The molecule has 0 aliphatic heterocycles. The Morgan fingerprint density at radius 1 is 1.62 bits per heavy atom. The van der Waals surface area contributed by atoms with E-state index >= 15 is 0 Å². The Balaban J connectivity index is 2.98. The largest absolute Gasteiger partial charge is 0.290 e. The van der Waals surface area contributed by atoms with Crippen LogP contribution in [0.4, 0.5) is 10.1 Å². The predicted molar refractivity (Wildman–Crippen MR) is 49.1 cm³/mol. The van der Waals surface area contributed by atoms with Crippen LogP contribution in [0.1, 0.15) is 6.92 Å². The first-order valence-electron chi connectivity index (χ1n) is 3.54. The average Bonchev–Trinajstić information content (AvgIpc) is 2.11. The van der Waals surface area contributed by atoms with Crippen molar-refractivity contribution in [3.8, 4) is 0 Å². The minimum absolute atomic E-state index is 0.00647. The van der Waals surface area contributed by atoms with Gasteiger partial charge >= 0.3 is 0 Å². The molecular weight excluding hydrogens is 195 g/mol. The molecule has 1 rings (SSSR count). The number of benzene rings is 1. The van der Waals surface area contributed by atoms with Gasteiger partial charge in [0.25, 0.3) is 0 Å². The summed E-state index contributed by atoms with van der Waals surface area (Å²) < 4.78 is 12.7. The molecule has 0 bridgehead atoms. The molecule has 0 fully saturated rings. The first kappa shape index (κ1) is 9.95. The van der Waals surface area contributed by atoms with Gasteiger partial charge in [-0.3, -0.25) is 10.7 Å². The first-order chi connectivity index (χ1) is 6.13. The van der Waals surface area contributed by atoms with Crippen molar-refractivity contribution >= 4 is 23.1 Å². The quantitative estimate of drug-likeness (QED) is 0.418. The van der Waals surface area contributed by atoms with Crippen molar-refractivity contribution in [2.45, 2.75) is 6.92 Å². The number of nitrogens with zero attached hydrogens (tertiary/aromatic N) is 1. The molecule has 13 heavy (non-hydrogen) atoms. The molecule has 0 unspecified atom stereocenters. The van der Waals surface area contributed by atoms with Gasteiger partial charge in [0.05, 0.1) is 10.7 Å². The van der Waals surface area contributed by atoms with Gasteiger partial charge in [0.2, 0.25) is 0 Å². The van der Waals surface area contributed by atoms with Gasteiger partial charge in [0.1, 0.15) is 11.7 Å². The van der Waals surface area contributed by atoms with Crippen LogP contribution in [0, 0.1) is 5.82 Å². The Morgan fingerprint density at radius 3 is 2.85 bits per heavy atom. The molecule has 0 radical (unpaired) electrons. The minimum atomic E-state index is -0.491. The van der Waals surface area contributed by atoms with Crippen LogP contribution >= 0.6 is 11.6 Å². The summed E-state index contributed by atoms with van der Waals surface area (Å²) in [5.74, 6) is -0.182. The van der Waals surface area contributed by atoms with E-state index in [2.05, 4.69) is 4.99 Å². The Labute approximate surface area is 79.8 Å². The highest BCUT2D eigenvalue weighted by Gasteiger charge is 1.99. The van der Waals surface area contributed by atoms with E-state index in [0.29, 0.717) is 11.5 Å². The van der Waals surface area contributed by atoms with E-state index in [1.807, 2.05) is 5.48 Å². The van der Waals surface area contributed by atoms with Crippen molar-refractivity contribution in [3.63, 3.8) is 0 Å². The molecule has 0 heterocycles. The number of amidine groups is 1. The van der Waals surface area contributed by atoms with E-state index in [0.717, 1.165) is 0 Å². The number of hydrogen-bond donors (Lipinski definition) is 2. The highest BCUT2D eigenvalue weighted by atomic mass is 35.5. The summed E-state index contributed by atoms with van der Waals surface area (Å²) in [7, 11) is 0. The zero-order chi connectivity index (χ0) is 9.84. The minimum Gasteiger partial charge on any atom is -0.290 e. The number of nitrogens with one attached hydrogen (secondary N) is 1. The average molecular weight is 203 g/mol. The number of hydrogen-bond acceptors (Lipinski definition) is 2. The van der Waals surface area contributed by atoms with Crippen LogP contribution in [0.5, 0.6) is 0 Å². The van der Waals surface area contributed by atoms with E-state index in [1.54, 1.807) is 6.92 Å². The summed E-state index contributed by atoms with van der Waals surface area (Å²) in [6.07, 6.45) is 0. The fourth-order valence-electron chi connectivity index (χ4n) is 0.773. The topological polar surface area (TPSA) is 44.6 Å². The van der Waals surface area contributed by atoms with Crippen molar-refractivity contribution < 1.29 is 9.60 Å². The van der Waals surface area contributed by atoms with Crippen LogP contribution in [0.15, 0.2) is 23.2 Å². The van der Waals surface area contributed by atoms with Gasteiger partial charge in [-0.25, -0.2) is 9.38 Å². The Hall–Kier alpha value is -1.13. The van der Waals surface area contributed by atoms with Crippen LogP contribution in [-0.2, 0) is 0 Å². The van der Waals surface area contributed by atoms with Gasteiger partial charge in [-0.1, -0.05) is 11.6 Å². The first-order valence-corrected chi connectivity index (χ1v) is 3.91. The standard InChI is InChI=1S/C8H8ClFN2O/c1-5(12-13)11-6-2-3-8(10)7(9)4-6/h2-4,13H,1H3,(H,11,12). The SMILES string of the molecule is CC(=Nc1ccc(F)c(Cl)c1)NO. The molecule has 0 saturated carbocycles. The summed E-state index contributed by atoms with van der Waals surface area (Å²) in [5.41, 5.74) is 2.34. The molecule has 0 spiro atoms. The number of halogens is 2. The van der Waals surface area contributed by atoms with Crippen molar-refractivity contribution in [1.82, 2.24) is 5.48 Å². The lowest BCUT2D eigenvalue weighted by Gasteiger charge is -1.99. The Bertz CT molecular complexity index is 341. The molecule has 0 aliphatic carbocycles. The lowest BCUT2D eigenvalue weighted by molar-refractivity contribution is 0.234. The van der Waals surface area contributed by atoms with E-state index in [4.69, 9.17) is 16.8 Å². The van der Waals surface area contributed by atoms with E-state index < -0.39 is 5.82 Å². The maximum absolute atomic E-state index is 12.7. The zero-order valence-corrected chi connectivity index (χ0v) is 7.64. The molecule has 2 N–H and O–H groups in total. The fraction of sp³-hybridized carbons (Fsp3) is 0.125. The molecule has 0 aliphatic rings. The predicted octanol–water partition coefficient (Wildman–Crippen LogP) is 2.51. The summed E-state index contributed by atoms with van der Waals surface area (Å²) in [4.78, 5) is 3.88. The van der Waals surface area contributed by atoms with Gasteiger partial charge in [-0.15, -0.1) is 0 Å². The van der Waals surface area contributed by atoms with Crippen LogP contribution in [0.2, 0.25) is 5.02 Å². The molecule has 0 atom stereocenters. The monoisotopic (exact) mass is 202 g/mol. The number of rotatable bonds is 1. The highest BCUT2D eigenvalue weighted by Crippen LogP contribution is 2.21. The molecule has 0 saturated heterocycles. The Morgan fingerprint density at radius 2 is 2.31 bits per heavy atom. The van der Waals surface area contributed by atoms with Crippen LogP contribution in [-0.4, -0.2) is 11.0 Å². The van der Waals surface area contributed by atoms with Gasteiger partial charge in [-0.05, 0) is 25.1 Å². The van der Waals surface area contributed by atoms with Crippen LogP contribution < -0.4 is 5.48 Å². The van der Waals surface area contributed by atoms with E-state index in [9.17, 15) is 4.39 Å². The summed E-state index contributed by atoms with van der Waals surface area (Å²) >= 11 is 5.51. The van der Waals surface area contributed by atoms with Gasteiger partial charge < -0.3 is 0 Å². The zero-order valence-electron chi connectivity index (χ0n) is 6.88. The maximum atomic E-state index is 12.7. The molecule has 5 heteroatoms. The van der Waals surface area contributed by atoms with E-state index in [-0.39, 0.29) is 5.02 Å². The maximum Gasteiger partial charge on any atom is 0.141 e. The lowest BCUT2D eigenvalue weighted by Crippen LogP contribution is -2.13. The van der Waals surface area contributed by atoms with Crippen LogP contribution in [0.3, 0.4) is 0 Å². The molecule has 1 aromatic rings. The molecule has 3 nitrogen and oxygen atoms in total. The van der Waals surface area contributed by atoms with Crippen molar-refractivity contribution in [2.75, 3.05) is 0 Å². The summed E-state index contributed by atoms with van der Waals surface area (Å²) in [5, 5.41) is 8.44. The molecule has 1 aromatic carbocycles. The molecular formula is C8H8ClFN2O. The summed E-state index contributed by atoms with van der Waals surface area (Å²) in [6.45, 7) is 1.57. The van der Waals surface area contributed by atoms with Crippen LogP contribution in [0.25, 0.3) is 0 Å². The third-order valence-electron chi connectivity index (χ3n) is 1.36. The third kappa shape index (κ3) is 2.68. The Kier molecular flexibility index (Phi) is 3.22. The second kappa shape index (κ2) is 4.20. The highest BCUT2D eigenvalue weighted by molar-refractivity contribution is 6.31. The van der Waals surface area contributed by atoms with Crippen molar-refractivity contribution in [2.24, 2.45) is 4.99 Å². The summed E-state index contributed by atoms with van der Waals surface area (Å²) in [6, 6.07) is 4.05. The second-order valence-corrected chi connectivity index (χ2v) is 2.81. The van der Waals surface area contributed by atoms with Crippen molar-refractivity contribution in [1.29, 1.82) is 0 Å². The molecule has 0 aromatic heterocycles. The van der Waals surface area contributed by atoms with Gasteiger partial charge in [0.15, 0.2) is 0 Å². The molecule has 0 amide bonds. The third-order valence-corrected chi connectivity index (χ3v) is 1.65. The number of aliphatic imine (C=N–C) groups is 1. The second-order valence-electron chi connectivity index (χ2n) is 2.41. The van der Waals surface area contributed by atoms with Gasteiger partial charge in [-0.2, -0.15) is 0 Å². The number of hydroxylamine groups is 1. The van der Waals surface area contributed by atoms with Gasteiger partial charge in [0, 0.05) is 0 Å². The smallest absolute Gasteiger partial charge is 0.141 e. The fourth-order valence-corrected chi connectivity index (χ4v) is 0.948.